The molecule has 9 heteroatoms. The highest BCUT2D eigenvalue weighted by atomic mass is 19.4. The molecule has 0 bridgehead atoms. The monoisotopic (exact) mass is 344 g/mol. The van der Waals surface area contributed by atoms with Gasteiger partial charge >= 0.3 is 18.2 Å². The lowest BCUT2D eigenvalue weighted by Gasteiger charge is -2.54. The van der Waals surface area contributed by atoms with E-state index in [1.807, 2.05) is 0 Å². The molecule has 1 heterocycles. The summed E-state index contributed by atoms with van der Waals surface area (Å²) in [7, 11) is 0. The largest absolute Gasteiger partial charge is 0.454 e. The molecule has 1 aromatic heterocycles. The number of halogens is 3. The Kier molecular flexibility index (Phi) is 4.51. The van der Waals surface area contributed by atoms with Gasteiger partial charge in [-0.2, -0.15) is 18.2 Å². The van der Waals surface area contributed by atoms with E-state index in [0.29, 0.717) is 11.1 Å². The van der Waals surface area contributed by atoms with E-state index in [1.54, 1.807) is 0 Å². The molecule has 1 spiro atoms. The fraction of sp³-hybridized carbons (Fsp3) is 0.667. The Bertz CT molecular complexity index is 597. The number of aromatic nitrogens is 2. The average Bonchev–Trinajstić information content (AvgIpc) is 2.44. The molecule has 0 saturated heterocycles. The molecular formula is C15H19F3N4O2. The van der Waals surface area contributed by atoms with Gasteiger partial charge in [0, 0.05) is 12.2 Å². The Balaban J connectivity index is 1.40. The van der Waals surface area contributed by atoms with Crippen molar-refractivity contribution in [3.63, 3.8) is 0 Å². The molecular weight excluding hydrogens is 325 g/mol. The Labute approximate surface area is 137 Å². The highest BCUT2D eigenvalue weighted by Gasteiger charge is 2.48. The zero-order valence-corrected chi connectivity index (χ0v) is 13.0. The Hall–Kier alpha value is -2.06. The van der Waals surface area contributed by atoms with Crippen molar-refractivity contribution in [2.45, 2.75) is 50.9 Å². The summed E-state index contributed by atoms with van der Waals surface area (Å²) >= 11 is 0. The third-order valence-electron chi connectivity index (χ3n) is 4.59. The standard InChI is InChI=1S/C15H19F3N4O2/c16-15(17,18)9-24-13-19-5-2-10(22-13)8-20-12(23)21-11-6-14(7-11)3-1-4-14/h2,5,11H,1,3-4,6-9H2,(H2,20,21,23). The van der Waals surface area contributed by atoms with E-state index in [1.165, 1.54) is 31.5 Å². The molecule has 2 fully saturated rings. The maximum absolute atomic E-state index is 12.1. The van der Waals surface area contributed by atoms with Gasteiger partial charge in [0.15, 0.2) is 6.61 Å². The summed E-state index contributed by atoms with van der Waals surface area (Å²) in [6, 6.07) is 1.05. The maximum atomic E-state index is 12.1. The minimum absolute atomic E-state index is 0.0919. The average molecular weight is 344 g/mol. The van der Waals surface area contributed by atoms with Crippen LogP contribution in [0.1, 0.15) is 37.8 Å². The number of alkyl halides is 3. The molecule has 0 unspecified atom stereocenters. The molecule has 2 saturated carbocycles. The highest BCUT2D eigenvalue weighted by molar-refractivity contribution is 5.74. The van der Waals surface area contributed by atoms with Crippen LogP contribution in [0.25, 0.3) is 0 Å². The molecule has 3 rings (SSSR count). The second-order valence-electron chi connectivity index (χ2n) is 6.52. The van der Waals surface area contributed by atoms with E-state index in [9.17, 15) is 18.0 Å². The fourth-order valence-corrected chi connectivity index (χ4v) is 3.27. The third kappa shape index (κ3) is 4.27. The predicted octanol–water partition coefficient (Wildman–Crippen LogP) is 2.55. The van der Waals surface area contributed by atoms with Gasteiger partial charge in [0.1, 0.15) is 0 Å². The Morgan fingerprint density at radius 1 is 1.38 bits per heavy atom. The zero-order valence-electron chi connectivity index (χ0n) is 13.0. The van der Waals surface area contributed by atoms with E-state index < -0.39 is 12.8 Å². The first-order chi connectivity index (χ1) is 11.3. The summed E-state index contributed by atoms with van der Waals surface area (Å²) in [5, 5.41) is 5.54. The molecule has 0 atom stereocenters. The van der Waals surface area contributed by atoms with E-state index in [0.717, 1.165) is 12.8 Å². The Morgan fingerprint density at radius 3 is 2.75 bits per heavy atom. The molecule has 6 nitrogen and oxygen atoms in total. The molecule has 2 N–H and O–H groups in total. The van der Waals surface area contributed by atoms with Crippen LogP contribution in [-0.4, -0.2) is 34.8 Å². The smallest absolute Gasteiger partial charge is 0.422 e. The summed E-state index contributed by atoms with van der Waals surface area (Å²) in [4.78, 5) is 19.3. The third-order valence-corrected chi connectivity index (χ3v) is 4.59. The topological polar surface area (TPSA) is 76.1 Å². The summed E-state index contributed by atoms with van der Waals surface area (Å²) < 4.78 is 40.8. The highest BCUT2D eigenvalue weighted by Crippen LogP contribution is 2.55. The molecule has 2 aliphatic carbocycles. The van der Waals surface area contributed by atoms with Crippen molar-refractivity contribution in [3.8, 4) is 6.01 Å². The van der Waals surface area contributed by atoms with Crippen LogP contribution >= 0.6 is 0 Å². The van der Waals surface area contributed by atoms with Gasteiger partial charge in [0.2, 0.25) is 0 Å². The van der Waals surface area contributed by atoms with Crippen LogP contribution in [0.2, 0.25) is 0 Å². The number of carbonyl (C=O) groups excluding carboxylic acids is 1. The van der Waals surface area contributed by atoms with Crippen LogP contribution in [0.5, 0.6) is 6.01 Å². The summed E-state index contributed by atoms with van der Waals surface area (Å²) in [5.74, 6) is 0. The number of hydrogen-bond acceptors (Lipinski definition) is 4. The van der Waals surface area contributed by atoms with Gasteiger partial charge in [-0.1, -0.05) is 6.42 Å². The van der Waals surface area contributed by atoms with Crippen molar-refractivity contribution < 1.29 is 22.7 Å². The summed E-state index contributed by atoms with van der Waals surface area (Å²) in [5.41, 5.74) is 0.858. The lowest BCUT2D eigenvalue weighted by Crippen LogP contribution is -2.55. The number of carbonyl (C=O) groups is 1. The number of rotatable bonds is 5. The van der Waals surface area contributed by atoms with Crippen molar-refractivity contribution >= 4 is 6.03 Å². The fourth-order valence-electron chi connectivity index (χ4n) is 3.27. The van der Waals surface area contributed by atoms with Gasteiger partial charge in [0.05, 0.1) is 12.2 Å². The summed E-state index contributed by atoms with van der Waals surface area (Å²) in [6.07, 6.45) is 2.71. The predicted molar refractivity (Wildman–Crippen MR) is 78.3 cm³/mol. The van der Waals surface area contributed by atoms with Crippen molar-refractivity contribution in [2.24, 2.45) is 5.41 Å². The van der Waals surface area contributed by atoms with Crippen LogP contribution in [0.4, 0.5) is 18.0 Å². The number of urea groups is 1. The first-order valence-corrected chi connectivity index (χ1v) is 7.89. The maximum Gasteiger partial charge on any atom is 0.422 e. The SMILES string of the molecule is O=C(NCc1ccnc(OCC(F)(F)F)n1)NC1CC2(CCC2)C1. The van der Waals surface area contributed by atoms with E-state index in [2.05, 4.69) is 25.3 Å². The van der Waals surface area contributed by atoms with Gasteiger partial charge in [-0.15, -0.1) is 0 Å². The Morgan fingerprint density at radius 2 is 2.12 bits per heavy atom. The molecule has 0 aromatic carbocycles. The first kappa shape index (κ1) is 16.8. The lowest BCUT2D eigenvalue weighted by atomic mass is 9.54. The van der Waals surface area contributed by atoms with Gasteiger partial charge in [-0.3, -0.25) is 0 Å². The van der Waals surface area contributed by atoms with Crippen LogP contribution in [0.3, 0.4) is 0 Å². The van der Waals surface area contributed by atoms with Crippen molar-refractivity contribution in [3.05, 3.63) is 18.0 Å². The van der Waals surface area contributed by atoms with E-state index in [-0.39, 0.29) is 24.6 Å². The van der Waals surface area contributed by atoms with Crippen molar-refractivity contribution in [2.75, 3.05) is 6.61 Å². The number of ether oxygens (including phenoxy) is 1. The lowest BCUT2D eigenvalue weighted by molar-refractivity contribution is -0.154. The minimum atomic E-state index is -4.45. The van der Waals surface area contributed by atoms with Crippen LogP contribution in [-0.2, 0) is 6.54 Å². The number of hydrogen-bond donors (Lipinski definition) is 2. The van der Waals surface area contributed by atoms with Crippen LogP contribution in [0, 0.1) is 5.41 Å². The minimum Gasteiger partial charge on any atom is -0.454 e. The first-order valence-electron chi connectivity index (χ1n) is 7.89. The molecule has 132 valence electrons. The summed E-state index contributed by atoms with van der Waals surface area (Å²) in [6.45, 7) is -1.36. The van der Waals surface area contributed by atoms with Crippen molar-refractivity contribution in [1.82, 2.24) is 20.6 Å². The number of nitrogens with one attached hydrogen (secondary N) is 2. The van der Waals surface area contributed by atoms with E-state index in [4.69, 9.17) is 0 Å². The molecule has 2 aliphatic rings. The normalized spacial score (nSPS) is 19.3. The second kappa shape index (κ2) is 6.45. The molecule has 0 aliphatic heterocycles. The van der Waals surface area contributed by atoms with Gasteiger partial charge < -0.3 is 15.4 Å². The second-order valence-corrected chi connectivity index (χ2v) is 6.52. The number of amides is 2. The van der Waals surface area contributed by atoms with Crippen LogP contribution in [0.15, 0.2) is 12.3 Å². The number of nitrogens with zero attached hydrogens (tertiary/aromatic N) is 2. The van der Waals surface area contributed by atoms with Crippen LogP contribution < -0.4 is 15.4 Å². The molecule has 0 radical (unpaired) electrons. The van der Waals surface area contributed by atoms with Gasteiger partial charge in [-0.05, 0) is 37.2 Å². The van der Waals surface area contributed by atoms with Gasteiger partial charge in [-0.25, -0.2) is 9.78 Å². The molecule has 1 aromatic rings. The quantitative estimate of drug-likeness (QED) is 0.861. The van der Waals surface area contributed by atoms with Gasteiger partial charge in [0.25, 0.3) is 0 Å². The zero-order chi connectivity index (χ0) is 17.2. The van der Waals surface area contributed by atoms with E-state index >= 15 is 0 Å². The molecule has 2 amide bonds. The van der Waals surface area contributed by atoms with Crippen molar-refractivity contribution in [1.29, 1.82) is 0 Å². The molecule has 24 heavy (non-hydrogen) atoms.